The molecule has 0 unspecified atom stereocenters. The first-order valence-electron chi connectivity index (χ1n) is 5.09. The minimum atomic E-state index is 0.500. The van der Waals surface area contributed by atoms with Crippen molar-refractivity contribution in [1.82, 2.24) is 0 Å². The van der Waals surface area contributed by atoms with Crippen LogP contribution < -0.4 is 0 Å². The first-order valence-corrected chi connectivity index (χ1v) is 5.09. The summed E-state index contributed by atoms with van der Waals surface area (Å²) in [6.07, 6.45) is 6.87. The molecule has 0 heterocycles. The Hall–Kier alpha value is -1.11. The molecule has 78 valence electrons. The van der Waals surface area contributed by atoms with Crippen molar-refractivity contribution in [3.63, 3.8) is 0 Å². The van der Waals surface area contributed by atoms with Crippen molar-refractivity contribution in [1.29, 1.82) is 0 Å². The van der Waals surface area contributed by atoms with Crippen LogP contribution in [0.3, 0.4) is 0 Å². The van der Waals surface area contributed by atoms with Crippen LogP contribution in [0.25, 0.3) is 6.08 Å². The van der Waals surface area contributed by atoms with Gasteiger partial charge in [-0.3, -0.25) is 4.39 Å². The van der Waals surface area contributed by atoms with Crippen molar-refractivity contribution in [2.45, 2.75) is 26.7 Å². The molecule has 0 saturated carbocycles. The zero-order chi connectivity index (χ0) is 10.8. The quantitative estimate of drug-likeness (QED) is 0.579. The van der Waals surface area contributed by atoms with Crippen LogP contribution in [0.4, 0.5) is 4.39 Å². The van der Waals surface area contributed by atoms with Gasteiger partial charge in [-0.05, 0) is 24.0 Å². The fourth-order valence-electron chi connectivity index (χ4n) is 1.37. The van der Waals surface area contributed by atoms with Gasteiger partial charge in [-0.2, -0.15) is 0 Å². The molecule has 1 aliphatic carbocycles. The van der Waals surface area contributed by atoms with Gasteiger partial charge in [0.15, 0.2) is 0 Å². The zero-order valence-electron chi connectivity index (χ0n) is 9.26. The Labute approximate surface area is 86.5 Å². The first-order chi connectivity index (χ1) is 6.97. The number of allylic oxidation sites excluding steroid dienone is 1. The molecule has 1 aromatic rings. The van der Waals surface area contributed by atoms with Crippen LogP contribution in [0.15, 0.2) is 30.3 Å². The SMILES string of the molecule is C1=Cc2ccccc2CC1.CC.CF. The zero-order valence-corrected chi connectivity index (χ0v) is 9.26. The summed E-state index contributed by atoms with van der Waals surface area (Å²) in [4.78, 5) is 0. The van der Waals surface area contributed by atoms with E-state index in [1.807, 2.05) is 13.8 Å². The topological polar surface area (TPSA) is 0 Å². The Balaban J connectivity index is 0.000000379. The number of aryl methyl sites for hydroxylation is 1. The summed E-state index contributed by atoms with van der Waals surface area (Å²) in [5.41, 5.74) is 2.89. The summed E-state index contributed by atoms with van der Waals surface area (Å²) in [6, 6.07) is 8.58. The molecule has 1 aliphatic rings. The van der Waals surface area contributed by atoms with E-state index in [1.165, 1.54) is 24.0 Å². The predicted octanol–water partition coefficient (Wildman–Crippen LogP) is 4.26. The number of rotatable bonds is 0. The fraction of sp³-hybridized carbons (Fsp3) is 0.385. The molecule has 0 amide bonds. The highest BCUT2D eigenvalue weighted by Gasteiger charge is 2.00. The summed E-state index contributed by atoms with van der Waals surface area (Å²) in [5.74, 6) is 0. The minimum absolute atomic E-state index is 0.500. The van der Waals surface area contributed by atoms with Crippen molar-refractivity contribution >= 4 is 6.08 Å². The molecule has 0 aromatic heterocycles. The maximum Gasteiger partial charge on any atom is 0.0785 e. The maximum atomic E-state index is 9.50. The number of alkyl halides is 1. The highest BCUT2D eigenvalue weighted by atomic mass is 19.1. The number of hydrogen-bond donors (Lipinski definition) is 0. The van der Waals surface area contributed by atoms with Crippen molar-refractivity contribution in [3.8, 4) is 0 Å². The lowest BCUT2D eigenvalue weighted by Gasteiger charge is -2.07. The van der Waals surface area contributed by atoms with Gasteiger partial charge in [0.25, 0.3) is 0 Å². The molecule has 0 spiro atoms. The maximum absolute atomic E-state index is 9.50. The molecule has 2 rings (SSSR count). The van der Waals surface area contributed by atoms with Gasteiger partial charge in [0.2, 0.25) is 0 Å². The van der Waals surface area contributed by atoms with E-state index in [-0.39, 0.29) is 0 Å². The highest BCUT2D eigenvalue weighted by Crippen LogP contribution is 2.17. The second-order valence-electron chi connectivity index (χ2n) is 2.64. The van der Waals surface area contributed by atoms with Gasteiger partial charge in [-0.1, -0.05) is 50.3 Å². The van der Waals surface area contributed by atoms with Gasteiger partial charge in [0.1, 0.15) is 0 Å². The second-order valence-corrected chi connectivity index (χ2v) is 2.64. The fourth-order valence-corrected chi connectivity index (χ4v) is 1.37. The standard InChI is InChI=1S/C10H10.C2H6.CH3F/c1-2-6-10-8-4-3-7-9(10)5-1;2*1-2/h1-3,5-7H,4,8H2;1-2H3;1H3. The van der Waals surface area contributed by atoms with Crippen molar-refractivity contribution in [3.05, 3.63) is 41.5 Å². The van der Waals surface area contributed by atoms with Crippen LogP contribution in [0.5, 0.6) is 0 Å². The Morgan fingerprint density at radius 1 is 1.07 bits per heavy atom. The third-order valence-electron chi connectivity index (χ3n) is 1.93. The predicted molar refractivity (Wildman–Crippen MR) is 62.2 cm³/mol. The van der Waals surface area contributed by atoms with Crippen LogP contribution in [0, 0.1) is 0 Å². The van der Waals surface area contributed by atoms with E-state index in [4.69, 9.17) is 0 Å². The van der Waals surface area contributed by atoms with Gasteiger partial charge in [0, 0.05) is 0 Å². The summed E-state index contributed by atoms with van der Waals surface area (Å²) in [6.45, 7) is 4.00. The normalized spacial score (nSPS) is 11.4. The number of benzene rings is 1. The largest absolute Gasteiger partial charge is 0.255 e. The Bertz CT molecular complexity index is 264. The molecule has 1 heteroatoms. The lowest BCUT2D eigenvalue weighted by Crippen LogP contribution is -1.91. The van der Waals surface area contributed by atoms with Gasteiger partial charge < -0.3 is 0 Å². The van der Waals surface area contributed by atoms with E-state index in [9.17, 15) is 4.39 Å². The molecule has 0 N–H and O–H groups in total. The second kappa shape index (κ2) is 8.49. The molecular weight excluding hydrogens is 175 g/mol. The number of hydrogen-bond acceptors (Lipinski definition) is 0. The molecule has 0 atom stereocenters. The third kappa shape index (κ3) is 3.73. The molecule has 0 nitrogen and oxygen atoms in total. The summed E-state index contributed by atoms with van der Waals surface area (Å²) in [5, 5.41) is 0. The Kier molecular flexibility index (Phi) is 7.81. The monoisotopic (exact) mass is 194 g/mol. The van der Waals surface area contributed by atoms with Crippen molar-refractivity contribution < 1.29 is 4.39 Å². The third-order valence-corrected chi connectivity index (χ3v) is 1.93. The molecule has 0 radical (unpaired) electrons. The van der Waals surface area contributed by atoms with Gasteiger partial charge >= 0.3 is 0 Å². The average molecular weight is 194 g/mol. The van der Waals surface area contributed by atoms with E-state index in [2.05, 4.69) is 36.4 Å². The van der Waals surface area contributed by atoms with Crippen molar-refractivity contribution in [2.24, 2.45) is 0 Å². The molecule has 0 saturated heterocycles. The van der Waals surface area contributed by atoms with E-state index in [0.717, 1.165) is 0 Å². The van der Waals surface area contributed by atoms with E-state index in [1.54, 1.807) is 0 Å². The summed E-state index contributed by atoms with van der Waals surface area (Å²) in [7, 11) is 0.500. The highest BCUT2D eigenvalue weighted by molar-refractivity contribution is 5.55. The molecular formula is C13H19F. The molecule has 0 fully saturated rings. The van der Waals surface area contributed by atoms with E-state index in [0.29, 0.717) is 7.18 Å². The lowest BCUT2D eigenvalue weighted by molar-refractivity contribution is 0.636. The molecule has 0 aliphatic heterocycles. The van der Waals surface area contributed by atoms with Gasteiger partial charge in [-0.25, -0.2) is 0 Å². The smallest absolute Gasteiger partial charge is 0.0785 e. The van der Waals surface area contributed by atoms with E-state index >= 15 is 0 Å². The van der Waals surface area contributed by atoms with Gasteiger partial charge in [0.05, 0.1) is 7.18 Å². The summed E-state index contributed by atoms with van der Waals surface area (Å²) >= 11 is 0. The molecule has 14 heavy (non-hydrogen) atoms. The average Bonchev–Trinajstić information content (AvgIpc) is 2.34. The van der Waals surface area contributed by atoms with Crippen molar-refractivity contribution in [2.75, 3.05) is 7.18 Å². The molecule has 0 bridgehead atoms. The van der Waals surface area contributed by atoms with Gasteiger partial charge in [-0.15, -0.1) is 0 Å². The lowest BCUT2D eigenvalue weighted by atomic mass is 9.98. The Morgan fingerprint density at radius 2 is 1.71 bits per heavy atom. The van der Waals surface area contributed by atoms with Crippen LogP contribution >= 0.6 is 0 Å². The summed E-state index contributed by atoms with van der Waals surface area (Å²) < 4.78 is 9.50. The Morgan fingerprint density at radius 3 is 2.36 bits per heavy atom. The first kappa shape index (κ1) is 12.9. The number of halogens is 1. The van der Waals surface area contributed by atoms with Crippen LogP contribution in [-0.4, -0.2) is 7.18 Å². The number of fused-ring (bicyclic) bond motifs is 1. The van der Waals surface area contributed by atoms with E-state index < -0.39 is 0 Å². The van der Waals surface area contributed by atoms with Crippen LogP contribution in [-0.2, 0) is 6.42 Å². The van der Waals surface area contributed by atoms with Crippen LogP contribution in [0.1, 0.15) is 31.4 Å². The molecule has 1 aromatic carbocycles. The minimum Gasteiger partial charge on any atom is -0.255 e. The van der Waals surface area contributed by atoms with Crippen LogP contribution in [0.2, 0.25) is 0 Å².